The molecule has 1 atom stereocenters. The summed E-state index contributed by atoms with van der Waals surface area (Å²) in [5.74, 6) is 0.927. The molecule has 29 heavy (non-hydrogen) atoms. The Bertz CT molecular complexity index is 836. The first kappa shape index (κ1) is 21.4. The van der Waals surface area contributed by atoms with Crippen molar-refractivity contribution in [3.63, 3.8) is 0 Å². The number of likely N-dealkylation sites (N-methyl/N-ethyl adjacent to an activating group) is 1. The lowest BCUT2D eigenvalue weighted by Gasteiger charge is -2.40. The predicted octanol–water partition coefficient (Wildman–Crippen LogP) is 3.97. The summed E-state index contributed by atoms with van der Waals surface area (Å²) in [6, 6.07) is 6.00. The quantitative estimate of drug-likeness (QED) is 0.761. The average molecular weight is 402 g/mol. The molecule has 0 radical (unpaired) electrons. The van der Waals surface area contributed by atoms with Gasteiger partial charge < -0.3 is 4.90 Å². The highest BCUT2D eigenvalue weighted by Crippen LogP contribution is 2.39. The van der Waals surface area contributed by atoms with E-state index in [4.69, 9.17) is 0 Å². The van der Waals surface area contributed by atoms with E-state index in [1.54, 1.807) is 17.7 Å². The molecule has 1 aromatic carbocycles. The summed E-state index contributed by atoms with van der Waals surface area (Å²) in [4.78, 5) is 15.3. The van der Waals surface area contributed by atoms with Crippen molar-refractivity contribution in [2.75, 3.05) is 7.05 Å². The largest absolute Gasteiger partial charge is 0.341 e. The van der Waals surface area contributed by atoms with Gasteiger partial charge in [-0.2, -0.15) is 0 Å². The molecular formula is C22H32FN5O. The first-order valence-corrected chi connectivity index (χ1v) is 10.4. The first-order chi connectivity index (χ1) is 13.7. The van der Waals surface area contributed by atoms with Crippen LogP contribution >= 0.6 is 0 Å². The molecule has 1 aliphatic rings. The molecule has 3 rings (SSSR count). The third kappa shape index (κ3) is 5.00. The highest BCUT2D eigenvalue weighted by atomic mass is 19.1. The lowest BCUT2D eigenvalue weighted by atomic mass is 9.71. The molecule has 1 unspecified atom stereocenters. The van der Waals surface area contributed by atoms with Gasteiger partial charge in [0.25, 0.3) is 0 Å². The van der Waals surface area contributed by atoms with Gasteiger partial charge in [0, 0.05) is 19.5 Å². The molecule has 0 N–H and O–H groups in total. The third-order valence-corrected chi connectivity index (χ3v) is 6.37. The van der Waals surface area contributed by atoms with E-state index >= 15 is 0 Å². The standard InChI is InChI=1S/C22H32FN5O/c1-15-24-25-26-28(15)20(14-16-7-6-8-18(23)13-16)21(29)27(5)19-11-9-17(10-12-19)22(2,3)4/h6-8,13,17,19-20H,9-12,14H2,1-5H3. The highest BCUT2D eigenvalue weighted by molar-refractivity contribution is 5.80. The highest BCUT2D eigenvalue weighted by Gasteiger charge is 2.35. The minimum atomic E-state index is -0.586. The van der Waals surface area contributed by atoms with Crippen molar-refractivity contribution in [3.8, 4) is 0 Å². The molecule has 0 spiro atoms. The summed E-state index contributed by atoms with van der Waals surface area (Å²) in [5, 5.41) is 11.7. The van der Waals surface area contributed by atoms with Crippen LogP contribution in [0, 0.1) is 24.1 Å². The predicted molar refractivity (Wildman–Crippen MR) is 110 cm³/mol. The number of hydrogen-bond acceptors (Lipinski definition) is 4. The van der Waals surface area contributed by atoms with Gasteiger partial charge in [0.2, 0.25) is 5.91 Å². The number of benzene rings is 1. The van der Waals surface area contributed by atoms with Crippen LogP contribution in [-0.4, -0.2) is 44.1 Å². The molecule has 1 saturated carbocycles. The van der Waals surface area contributed by atoms with Crippen LogP contribution in [0.3, 0.4) is 0 Å². The Morgan fingerprint density at radius 1 is 1.28 bits per heavy atom. The molecule has 1 heterocycles. The number of aromatic nitrogens is 4. The second-order valence-corrected chi connectivity index (χ2v) is 9.34. The van der Waals surface area contributed by atoms with E-state index in [1.807, 2.05) is 18.0 Å². The van der Waals surface area contributed by atoms with E-state index in [0.29, 0.717) is 23.6 Å². The van der Waals surface area contributed by atoms with Gasteiger partial charge in [-0.25, -0.2) is 9.07 Å². The van der Waals surface area contributed by atoms with Gasteiger partial charge in [-0.05, 0) is 72.1 Å². The normalized spacial score (nSPS) is 21.0. The molecule has 0 aliphatic heterocycles. The molecule has 7 heteroatoms. The van der Waals surface area contributed by atoms with Crippen LogP contribution in [0.25, 0.3) is 0 Å². The van der Waals surface area contributed by atoms with Crippen LogP contribution in [-0.2, 0) is 11.2 Å². The maximum Gasteiger partial charge on any atom is 0.247 e. The van der Waals surface area contributed by atoms with Crippen LogP contribution in [0.2, 0.25) is 0 Å². The van der Waals surface area contributed by atoms with E-state index < -0.39 is 6.04 Å². The first-order valence-electron chi connectivity index (χ1n) is 10.4. The van der Waals surface area contributed by atoms with Crippen molar-refractivity contribution in [2.45, 2.75) is 71.9 Å². The number of nitrogens with zero attached hydrogens (tertiary/aromatic N) is 5. The summed E-state index contributed by atoms with van der Waals surface area (Å²) < 4.78 is 15.2. The SMILES string of the molecule is Cc1nnnn1C(Cc1cccc(F)c1)C(=O)N(C)C1CCC(C(C)(C)C)CC1. The van der Waals surface area contributed by atoms with Crippen LogP contribution < -0.4 is 0 Å². The molecule has 1 aromatic heterocycles. The lowest BCUT2D eigenvalue weighted by molar-refractivity contribution is -0.137. The van der Waals surface area contributed by atoms with Crippen LogP contribution in [0.5, 0.6) is 0 Å². The fourth-order valence-corrected chi connectivity index (χ4v) is 4.44. The van der Waals surface area contributed by atoms with Crippen LogP contribution in [0.1, 0.15) is 63.9 Å². The summed E-state index contributed by atoms with van der Waals surface area (Å²) in [6.07, 6.45) is 4.62. The number of aryl methyl sites for hydroxylation is 1. The topological polar surface area (TPSA) is 63.9 Å². The molecule has 0 bridgehead atoms. The molecule has 0 saturated heterocycles. The number of hydrogen-bond donors (Lipinski definition) is 0. The van der Waals surface area contributed by atoms with Gasteiger partial charge in [-0.3, -0.25) is 4.79 Å². The van der Waals surface area contributed by atoms with Crippen molar-refractivity contribution in [1.82, 2.24) is 25.1 Å². The maximum atomic E-state index is 13.7. The molecule has 2 aromatic rings. The zero-order valence-corrected chi connectivity index (χ0v) is 18.1. The number of tetrazole rings is 1. The third-order valence-electron chi connectivity index (χ3n) is 6.37. The second-order valence-electron chi connectivity index (χ2n) is 9.34. The van der Waals surface area contributed by atoms with Gasteiger partial charge in [0.05, 0.1) is 0 Å². The van der Waals surface area contributed by atoms with Crippen molar-refractivity contribution in [3.05, 3.63) is 41.5 Å². The van der Waals surface area contributed by atoms with Crippen LogP contribution in [0.15, 0.2) is 24.3 Å². The van der Waals surface area contributed by atoms with E-state index in [9.17, 15) is 9.18 Å². The number of carbonyl (C=O) groups excluding carboxylic acids is 1. The van der Waals surface area contributed by atoms with Gasteiger partial charge in [0.15, 0.2) is 0 Å². The summed E-state index contributed by atoms with van der Waals surface area (Å²) in [7, 11) is 1.88. The summed E-state index contributed by atoms with van der Waals surface area (Å²) in [6.45, 7) is 8.66. The van der Waals surface area contributed by atoms with E-state index in [1.165, 1.54) is 12.1 Å². The van der Waals surface area contributed by atoms with Crippen LogP contribution in [0.4, 0.5) is 4.39 Å². The average Bonchev–Trinajstić information content (AvgIpc) is 3.10. The zero-order valence-electron chi connectivity index (χ0n) is 18.1. The molecule has 1 amide bonds. The lowest BCUT2D eigenvalue weighted by Crippen LogP contribution is -2.45. The molecule has 1 aliphatic carbocycles. The molecule has 158 valence electrons. The Kier molecular flexibility index (Phi) is 6.34. The molecule has 6 nitrogen and oxygen atoms in total. The number of rotatable bonds is 5. The Hall–Kier alpha value is -2.31. The Balaban J connectivity index is 1.77. The minimum absolute atomic E-state index is 0.0242. The molecule has 1 fully saturated rings. The van der Waals surface area contributed by atoms with E-state index in [2.05, 4.69) is 36.3 Å². The fourth-order valence-electron chi connectivity index (χ4n) is 4.44. The van der Waals surface area contributed by atoms with Crippen molar-refractivity contribution in [2.24, 2.45) is 11.3 Å². The maximum absolute atomic E-state index is 13.7. The van der Waals surface area contributed by atoms with Gasteiger partial charge in [-0.1, -0.05) is 32.9 Å². The summed E-state index contributed by atoms with van der Waals surface area (Å²) >= 11 is 0. The summed E-state index contributed by atoms with van der Waals surface area (Å²) in [5.41, 5.74) is 1.06. The Morgan fingerprint density at radius 2 is 1.97 bits per heavy atom. The number of carbonyl (C=O) groups is 1. The zero-order chi connectivity index (χ0) is 21.2. The Morgan fingerprint density at radius 3 is 2.52 bits per heavy atom. The van der Waals surface area contributed by atoms with Crippen molar-refractivity contribution in [1.29, 1.82) is 0 Å². The minimum Gasteiger partial charge on any atom is -0.341 e. The fraction of sp³-hybridized carbons (Fsp3) is 0.636. The van der Waals surface area contributed by atoms with E-state index in [0.717, 1.165) is 31.2 Å². The Labute approximate surface area is 172 Å². The molecular weight excluding hydrogens is 369 g/mol. The van der Waals surface area contributed by atoms with E-state index in [-0.39, 0.29) is 17.8 Å². The van der Waals surface area contributed by atoms with Gasteiger partial charge in [0.1, 0.15) is 17.7 Å². The van der Waals surface area contributed by atoms with Crippen molar-refractivity contribution >= 4 is 5.91 Å². The van der Waals surface area contributed by atoms with Gasteiger partial charge in [-0.15, -0.1) is 5.10 Å². The van der Waals surface area contributed by atoms with Crippen molar-refractivity contribution < 1.29 is 9.18 Å². The second kappa shape index (κ2) is 8.59. The number of amides is 1. The monoisotopic (exact) mass is 401 g/mol. The number of halogens is 1. The van der Waals surface area contributed by atoms with Gasteiger partial charge >= 0.3 is 0 Å². The smallest absolute Gasteiger partial charge is 0.247 e.